The van der Waals surface area contributed by atoms with E-state index in [0.29, 0.717) is 0 Å². The van der Waals surface area contributed by atoms with Crippen molar-refractivity contribution in [1.29, 1.82) is 0 Å². The van der Waals surface area contributed by atoms with Gasteiger partial charge in [-0.05, 0) is 53.8 Å². The number of hydrogen-bond acceptors (Lipinski definition) is 0. The van der Waals surface area contributed by atoms with Gasteiger partial charge in [-0.2, -0.15) is 0 Å². The molecular formula is C19H17. The van der Waals surface area contributed by atoms with Crippen molar-refractivity contribution in [1.82, 2.24) is 0 Å². The summed E-state index contributed by atoms with van der Waals surface area (Å²) in [6.07, 6.45) is 0.948. The van der Waals surface area contributed by atoms with Gasteiger partial charge in [0.1, 0.15) is 0 Å². The van der Waals surface area contributed by atoms with E-state index in [0.717, 1.165) is 6.42 Å². The van der Waals surface area contributed by atoms with Gasteiger partial charge in [-0.3, -0.25) is 0 Å². The molecule has 0 saturated heterocycles. The van der Waals surface area contributed by atoms with Crippen LogP contribution in [-0.4, -0.2) is 0 Å². The summed E-state index contributed by atoms with van der Waals surface area (Å²) < 4.78 is 0. The molecule has 93 valence electrons. The van der Waals surface area contributed by atoms with Crippen LogP contribution in [0.3, 0.4) is 0 Å². The van der Waals surface area contributed by atoms with E-state index < -0.39 is 0 Å². The van der Waals surface area contributed by atoms with Crippen molar-refractivity contribution >= 4 is 10.8 Å². The van der Waals surface area contributed by atoms with E-state index in [4.69, 9.17) is 0 Å². The predicted molar refractivity (Wildman–Crippen MR) is 81.5 cm³/mol. The monoisotopic (exact) mass is 245 g/mol. The van der Waals surface area contributed by atoms with Crippen LogP contribution < -0.4 is 0 Å². The van der Waals surface area contributed by atoms with Crippen molar-refractivity contribution in [2.45, 2.75) is 20.3 Å². The minimum atomic E-state index is 0.948. The van der Waals surface area contributed by atoms with Gasteiger partial charge in [-0.1, -0.05) is 60.2 Å². The molecule has 1 radical (unpaired) electrons. The van der Waals surface area contributed by atoms with Crippen molar-refractivity contribution in [3.8, 4) is 0 Å². The van der Waals surface area contributed by atoms with E-state index in [1.807, 2.05) is 0 Å². The van der Waals surface area contributed by atoms with Gasteiger partial charge in [0.05, 0.1) is 0 Å². The Labute approximate surface area is 114 Å². The molecule has 0 aliphatic carbocycles. The zero-order valence-electron chi connectivity index (χ0n) is 11.4. The SMILES string of the molecule is Cc1[c]c(Cc2cccc3ccccc23)cc(C)c1. The maximum absolute atomic E-state index is 3.46. The lowest BCUT2D eigenvalue weighted by Crippen LogP contribution is -1.92. The lowest BCUT2D eigenvalue weighted by atomic mass is 9.96. The average Bonchev–Trinajstić information content (AvgIpc) is 2.38. The van der Waals surface area contributed by atoms with Crippen LogP contribution in [0.15, 0.2) is 54.6 Å². The first-order chi connectivity index (χ1) is 9.22. The topological polar surface area (TPSA) is 0 Å². The first-order valence-electron chi connectivity index (χ1n) is 6.68. The van der Waals surface area contributed by atoms with Gasteiger partial charge in [-0.15, -0.1) is 0 Å². The van der Waals surface area contributed by atoms with Crippen LogP contribution in [0, 0.1) is 19.9 Å². The van der Waals surface area contributed by atoms with Gasteiger partial charge < -0.3 is 0 Å². The fourth-order valence-electron chi connectivity index (χ4n) is 2.73. The molecule has 0 amide bonds. The van der Waals surface area contributed by atoms with Crippen molar-refractivity contribution < 1.29 is 0 Å². The third kappa shape index (κ3) is 2.53. The van der Waals surface area contributed by atoms with Gasteiger partial charge >= 0.3 is 0 Å². The molecular weight excluding hydrogens is 228 g/mol. The molecule has 0 fully saturated rings. The Morgan fingerprint density at radius 2 is 1.68 bits per heavy atom. The minimum Gasteiger partial charge on any atom is -0.0616 e. The lowest BCUT2D eigenvalue weighted by molar-refractivity contribution is 1.18. The smallest absolute Gasteiger partial charge is 0.00133 e. The molecule has 0 bridgehead atoms. The molecule has 0 heteroatoms. The van der Waals surface area contributed by atoms with E-state index in [-0.39, 0.29) is 0 Å². The maximum atomic E-state index is 3.46. The van der Waals surface area contributed by atoms with E-state index in [1.165, 1.54) is 33.0 Å². The highest BCUT2D eigenvalue weighted by atomic mass is 14.1. The molecule has 3 rings (SSSR count). The molecule has 3 aromatic carbocycles. The zero-order chi connectivity index (χ0) is 13.2. The summed E-state index contributed by atoms with van der Waals surface area (Å²) in [5.74, 6) is 0. The third-order valence-electron chi connectivity index (χ3n) is 3.46. The Bertz CT molecular complexity index is 697. The summed E-state index contributed by atoms with van der Waals surface area (Å²) in [6.45, 7) is 4.26. The van der Waals surface area contributed by atoms with Crippen LogP contribution in [0.25, 0.3) is 10.8 Å². The Morgan fingerprint density at radius 3 is 2.53 bits per heavy atom. The molecule has 0 nitrogen and oxygen atoms in total. The van der Waals surface area contributed by atoms with E-state index in [9.17, 15) is 0 Å². The second-order valence-corrected chi connectivity index (χ2v) is 5.18. The Hall–Kier alpha value is -2.08. The Kier molecular flexibility index (Phi) is 3.08. The molecule has 0 saturated carbocycles. The van der Waals surface area contributed by atoms with Crippen LogP contribution in [0.4, 0.5) is 0 Å². The highest BCUT2D eigenvalue weighted by Crippen LogP contribution is 2.22. The predicted octanol–water partition coefficient (Wildman–Crippen LogP) is 4.85. The molecule has 0 spiro atoms. The summed E-state index contributed by atoms with van der Waals surface area (Å²) in [5, 5.41) is 2.65. The standard InChI is InChI=1S/C19H17/c1-14-10-15(2)12-16(11-14)13-18-8-5-7-17-6-3-4-9-19(17)18/h3-11H,13H2,1-2H3. The van der Waals surface area contributed by atoms with Crippen LogP contribution in [-0.2, 0) is 6.42 Å². The van der Waals surface area contributed by atoms with Gasteiger partial charge in [0.15, 0.2) is 0 Å². The Morgan fingerprint density at radius 1 is 0.895 bits per heavy atom. The number of hydrogen-bond donors (Lipinski definition) is 0. The molecule has 0 N–H and O–H groups in total. The molecule has 0 atom stereocenters. The van der Waals surface area contributed by atoms with Crippen LogP contribution >= 0.6 is 0 Å². The van der Waals surface area contributed by atoms with Crippen molar-refractivity contribution in [2.24, 2.45) is 0 Å². The second kappa shape index (κ2) is 4.89. The number of rotatable bonds is 2. The molecule has 0 aliphatic heterocycles. The van der Waals surface area contributed by atoms with Gasteiger partial charge in [0.25, 0.3) is 0 Å². The summed E-state index contributed by atoms with van der Waals surface area (Å²) in [6, 6.07) is 23.0. The number of aryl methyl sites for hydroxylation is 2. The highest BCUT2D eigenvalue weighted by Gasteiger charge is 2.03. The van der Waals surface area contributed by atoms with Crippen molar-refractivity contribution in [3.63, 3.8) is 0 Å². The van der Waals surface area contributed by atoms with Crippen molar-refractivity contribution in [2.75, 3.05) is 0 Å². The molecule has 0 aliphatic rings. The second-order valence-electron chi connectivity index (χ2n) is 5.18. The Balaban J connectivity index is 2.05. The van der Waals surface area contributed by atoms with Gasteiger partial charge in [-0.25, -0.2) is 0 Å². The molecule has 0 heterocycles. The molecule has 3 aromatic rings. The summed E-state index contributed by atoms with van der Waals surface area (Å²) in [5.41, 5.74) is 5.18. The normalized spacial score (nSPS) is 10.8. The largest absolute Gasteiger partial charge is 0.0616 e. The third-order valence-corrected chi connectivity index (χ3v) is 3.46. The van der Waals surface area contributed by atoms with Gasteiger partial charge in [0.2, 0.25) is 0 Å². The van der Waals surface area contributed by atoms with E-state index >= 15 is 0 Å². The summed E-state index contributed by atoms with van der Waals surface area (Å²) in [4.78, 5) is 0. The molecule has 19 heavy (non-hydrogen) atoms. The lowest BCUT2D eigenvalue weighted by Gasteiger charge is -2.08. The zero-order valence-corrected chi connectivity index (χ0v) is 11.4. The quantitative estimate of drug-likeness (QED) is 0.605. The minimum absolute atomic E-state index is 0.948. The molecule has 0 unspecified atom stereocenters. The number of fused-ring (bicyclic) bond motifs is 1. The first-order valence-corrected chi connectivity index (χ1v) is 6.68. The highest BCUT2D eigenvalue weighted by molar-refractivity contribution is 5.85. The number of benzene rings is 3. The average molecular weight is 245 g/mol. The summed E-state index contributed by atoms with van der Waals surface area (Å²) in [7, 11) is 0. The molecule has 0 aromatic heterocycles. The van der Waals surface area contributed by atoms with Crippen LogP contribution in [0.1, 0.15) is 22.3 Å². The summed E-state index contributed by atoms with van der Waals surface area (Å²) >= 11 is 0. The fraction of sp³-hybridized carbons (Fsp3) is 0.158. The first kappa shape index (κ1) is 12.0. The van der Waals surface area contributed by atoms with Crippen LogP contribution in [0.5, 0.6) is 0 Å². The van der Waals surface area contributed by atoms with Crippen molar-refractivity contribution in [3.05, 3.63) is 82.9 Å². The van der Waals surface area contributed by atoms with E-state index in [2.05, 4.69) is 74.5 Å². The fourth-order valence-corrected chi connectivity index (χ4v) is 2.73. The van der Waals surface area contributed by atoms with E-state index in [1.54, 1.807) is 0 Å². The van der Waals surface area contributed by atoms with Gasteiger partial charge in [0, 0.05) is 0 Å². The maximum Gasteiger partial charge on any atom is -0.00133 e. The van der Waals surface area contributed by atoms with Crippen LogP contribution in [0.2, 0.25) is 0 Å².